The Labute approximate surface area is 168 Å². The third-order valence-corrected chi connectivity index (χ3v) is 3.25. The number of carbonyl (C=O) groups excluding carboxylic acids is 2. The predicted octanol–water partition coefficient (Wildman–Crippen LogP) is 3.80. The molecular formula is C22H28N2O4. The first-order valence-corrected chi connectivity index (χ1v) is 9.29. The fourth-order valence-corrected chi connectivity index (χ4v) is 2.05. The van der Waals surface area contributed by atoms with E-state index in [0.717, 1.165) is 0 Å². The molecule has 150 valence electrons. The van der Waals surface area contributed by atoms with Crippen LogP contribution >= 0.6 is 0 Å². The number of ether oxygens (including phenoxy) is 2. The first-order valence-electron chi connectivity index (χ1n) is 9.29. The van der Waals surface area contributed by atoms with Crippen molar-refractivity contribution in [1.29, 1.82) is 10.5 Å². The van der Waals surface area contributed by atoms with E-state index in [2.05, 4.69) is 23.7 Å². The topological polar surface area (TPSA) is 100 Å². The van der Waals surface area contributed by atoms with Crippen LogP contribution in [0.25, 0.3) is 0 Å². The third-order valence-electron chi connectivity index (χ3n) is 3.25. The molecule has 0 spiro atoms. The van der Waals surface area contributed by atoms with Crippen molar-refractivity contribution in [2.75, 3.05) is 0 Å². The van der Waals surface area contributed by atoms with Crippen LogP contribution < -0.4 is 0 Å². The van der Waals surface area contributed by atoms with Crippen molar-refractivity contribution in [3.63, 3.8) is 0 Å². The van der Waals surface area contributed by atoms with Gasteiger partial charge < -0.3 is 9.47 Å². The zero-order valence-electron chi connectivity index (χ0n) is 17.2. The Morgan fingerprint density at radius 1 is 0.714 bits per heavy atom. The van der Waals surface area contributed by atoms with Crippen molar-refractivity contribution in [2.45, 2.75) is 90.3 Å². The van der Waals surface area contributed by atoms with Gasteiger partial charge in [0.05, 0.1) is 12.1 Å². The molecule has 0 atom stereocenters. The standard InChI is InChI=1S/C22H28N2O4/c1-21(2,15-9-5-11-17-23)27-19(25)13-7-8-14-20(26)28-22(3,4)16-10-6-12-18-24/h5-8,11-14H2,1-4H3. The van der Waals surface area contributed by atoms with Gasteiger partial charge >= 0.3 is 11.9 Å². The molecule has 0 aliphatic carbocycles. The third kappa shape index (κ3) is 14.2. The summed E-state index contributed by atoms with van der Waals surface area (Å²) in [5.41, 5.74) is -1.81. The molecule has 6 nitrogen and oxygen atoms in total. The molecule has 0 radical (unpaired) electrons. The SMILES string of the molecule is CC(C)(C#CCCC#N)OC(=O)CCCCC(=O)OC(C)(C)C#CCCC#N. The summed E-state index contributed by atoms with van der Waals surface area (Å²) in [6.45, 7) is 6.78. The van der Waals surface area contributed by atoms with Crippen LogP contribution in [0.2, 0.25) is 0 Å². The molecule has 0 aliphatic heterocycles. The highest BCUT2D eigenvalue weighted by Gasteiger charge is 2.21. The Morgan fingerprint density at radius 2 is 1.07 bits per heavy atom. The average molecular weight is 384 g/mol. The second kappa shape index (κ2) is 13.2. The van der Waals surface area contributed by atoms with Crippen LogP contribution in [0.4, 0.5) is 0 Å². The first-order chi connectivity index (χ1) is 13.1. The van der Waals surface area contributed by atoms with Gasteiger partial charge in [0.2, 0.25) is 0 Å². The van der Waals surface area contributed by atoms with E-state index in [1.54, 1.807) is 27.7 Å². The van der Waals surface area contributed by atoms with Crippen LogP contribution in [-0.2, 0) is 19.1 Å². The van der Waals surface area contributed by atoms with Crippen molar-refractivity contribution in [3.8, 4) is 35.8 Å². The highest BCUT2D eigenvalue weighted by atomic mass is 16.6. The molecule has 0 aliphatic rings. The maximum absolute atomic E-state index is 11.9. The van der Waals surface area contributed by atoms with Crippen molar-refractivity contribution in [3.05, 3.63) is 0 Å². The van der Waals surface area contributed by atoms with Gasteiger partial charge in [0.25, 0.3) is 0 Å². The summed E-state index contributed by atoms with van der Waals surface area (Å²) in [6, 6.07) is 4.00. The number of nitrogens with zero attached hydrogens (tertiary/aromatic N) is 2. The van der Waals surface area contributed by atoms with Gasteiger partial charge in [-0.25, -0.2) is 0 Å². The molecule has 0 saturated heterocycles. The lowest BCUT2D eigenvalue weighted by Gasteiger charge is -2.19. The smallest absolute Gasteiger partial charge is 0.307 e. The minimum atomic E-state index is -0.903. The first kappa shape index (κ1) is 25.0. The van der Waals surface area contributed by atoms with E-state index in [9.17, 15) is 9.59 Å². The zero-order chi connectivity index (χ0) is 21.5. The Morgan fingerprint density at radius 3 is 1.39 bits per heavy atom. The molecule has 6 heteroatoms. The number of hydrogen-bond donors (Lipinski definition) is 0. The molecule has 0 heterocycles. The molecule has 0 rings (SSSR count). The van der Waals surface area contributed by atoms with E-state index in [-0.39, 0.29) is 24.8 Å². The highest BCUT2D eigenvalue weighted by molar-refractivity contribution is 5.71. The molecule has 0 amide bonds. The summed E-state index contributed by atoms with van der Waals surface area (Å²) in [5.74, 6) is 10.6. The quantitative estimate of drug-likeness (QED) is 0.340. The largest absolute Gasteiger partial charge is 0.446 e. The molecule has 28 heavy (non-hydrogen) atoms. The number of unbranched alkanes of at least 4 members (excludes halogenated alkanes) is 3. The van der Waals surface area contributed by atoms with E-state index in [1.807, 2.05) is 12.1 Å². The monoisotopic (exact) mass is 384 g/mol. The van der Waals surface area contributed by atoms with Crippen molar-refractivity contribution >= 4 is 11.9 Å². The summed E-state index contributed by atoms with van der Waals surface area (Å²) in [6.07, 6.45) is 2.95. The predicted molar refractivity (Wildman–Crippen MR) is 104 cm³/mol. The number of hydrogen-bond acceptors (Lipinski definition) is 6. The zero-order valence-corrected chi connectivity index (χ0v) is 17.2. The van der Waals surface area contributed by atoms with E-state index in [0.29, 0.717) is 38.5 Å². The number of rotatable bonds is 9. The molecule has 0 aromatic rings. The highest BCUT2D eigenvalue weighted by Crippen LogP contribution is 2.13. The van der Waals surface area contributed by atoms with Crippen LogP contribution in [0.5, 0.6) is 0 Å². The van der Waals surface area contributed by atoms with Crippen LogP contribution in [0.1, 0.15) is 79.1 Å². The number of nitriles is 2. The maximum atomic E-state index is 11.9. The van der Waals surface area contributed by atoms with Crippen molar-refractivity contribution < 1.29 is 19.1 Å². The minimum Gasteiger partial charge on any atom is -0.446 e. The van der Waals surface area contributed by atoms with Gasteiger partial charge in [-0.2, -0.15) is 10.5 Å². The lowest BCUT2D eigenvalue weighted by Crippen LogP contribution is -2.26. The summed E-state index contributed by atoms with van der Waals surface area (Å²) >= 11 is 0. The fourth-order valence-electron chi connectivity index (χ4n) is 2.05. The van der Waals surface area contributed by atoms with Gasteiger partial charge in [-0.1, -0.05) is 23.7 Å². The van der Waals surface area contributed by atoms with Gasteiger partial charge in [0.15, 0.2) is 11.2 Å². The Kier molecular flexibility index (Phi) is 11.8. The molecule has 0 bridgehead atoms. The molecular weight excluding hydrogens is 356 g/mol. The second-order valence-electron chi connectivity index (χ2n) is 7.10. The molecule has 0 aromatic carbocycles. The Hall–Kier alpha value is -2.96. The van der Waals surface area contributed by atoms with E-state index >= 15 is 0 Å². The van der Waals surface area contributed by atoms with Crippen LogP contribution in [0.3, 0.4) is 0 Å². The van der Waals surface area contributed by atoms with Crippen LogP contribution in [0, 0.1) is 46.3 Å². The summed E-state index contributed by atoms with van der Waals surface area (Å²) in [7, 11) is 0. The fraction of sp³-hybridized carbons (Fsp3) is 0.636. The van der Waals surface area contributed by atoms with Gasteiger partial charge in [-0.05, 0) is 40.5 Å². The molecule has 0 saturated carbocycles. The molecule has 0 fully saturated rings. The number of carbonyl (C=O) groups is 2. The van der Waals surface area contributed by atoms with Crippen LogP contribution in [0.15, 0.2) is 0 Å². The molecule has 0 aromatic heterocycles. The Balaban J connectivity index is 4.16. The maximum Gasteiger partial charge on any atom is 0.307 e. The second-order valence-corrected chi connectivity index (χ2v) is 7.10. The summed E-state index contributed by atoms with van der Waals surface area (Å²) in [5, 5.41) is 16.9. The normalized spacial score (nSPS) is 10.2. The van der Waals surface area contributed by atoms with Gasteiger partial charge in [-0.15, -0.1) is 0 Å². The average Bonchev–Trinajstić information content (AvgIpc) is 2.59. The Bertz CT molecular complexity index is 667. The van der Waals surface area contributed by atoms with E-state index in [4.69, 9.17) is 20.0 Å². The van der Waals surface area contributed by atoms with Crippen LogP contribution in [-0.4, -0.2) is 23.1 Å². The van der Waals surface area contributed by atoms with Crippen molar-refractivity contribution in [2.24, 2.45) is 0 Å². The summed E-state index contributed by atoms with van der Waals surface area (Å²) in [4.78, 5) is 23.8. The minimum absolute atomic E-state index is 0.188. The van der Waals surface area contributed by atoms with Gasteiger partial charge in [-0.3, -0.25) is 9.59 Å². The van der Waals surface area contributed by atoms with Crippen molar-refractivity contribution in [1.82, 2.24) is 0 Å². The lowest BCUT2D eigenvalue weighted by molar-refractivity contribution is -0.154. The van der Waals surface area contributed by atoms with E-state index < -0.39 is 11.2 Å². The molecule has 0 unspecified atom stereocenters. The van der Waals surface area contributed by atoms with Gasteiger partial charge in [0.1, 0.15) is 0 Å². The molecule has 0 N–H and O–H groups in total. The summed E-state index contributed by atoms with van der Waals surface area (Å²) < 4.78 is 10.6. The lowest BCUT2D eigenvalue weighted by atomic mass is 10.1. The van der Waals surface area contributed by atoms with Gasteiger partial charge in [0, 0.05) is 38.5 Å². The van der Waals surface area contributed by atoms with E-state index in [1.165, 1.54) is 0 Å². The number of esters is 2.